The lowest BCUT2D eigenvalue weighted by atomic mass is 10.2. The molecule has 1 atom stereocenters. The molecule has 0 radical (unpaired) electrons. The van der Waals surface area contributed by atoms with Gasteiger partial charge in [-0.15, -0.1) is 0 Å². The van der Waals surface area contributed by atoms with Gasteiger partial charge in [0.1, 0.15) is 11.6 Å². The van der Waals surface area contributed by atoms with Gasteiger partial charge in [0.05, 0.1) is 0 Å². The Bertz CT molecular complexity index is 481. The summed E-state index contributed by atoms with van der Waals surface area (Å²) in [5.41, 5.74) is -0.680. The fourth-order valence-electron chi connectivity index (χ4n) is 1.45. The van der Waals surface area contributed by atoms with Crippen molar-refractivity contribution in [3.63, 3.8) is 0 Å². The molecular weight excluding hydrogens is 286 g/mol. The molecule has 1 unspecified atom stereocenters. The van der Waals surface area contributed by atoms with Gasteiger partial charge >= 0.3 is 12.1 Å². The van der Waals surface area contributed by atoms with E-state index >= 15 is 0 Å². The lowest BCUT2D eigenvalue weighted by Gasteiger charge is -2.22. The van der Waals surface area contributed by atoms with E-state index < -0.39 is 23.7 Å². The quantitative estimate of drug-likeness (QED) is 0.866. The smallest absolute Gasteiger partial charge is 0.408 e. The standard InChI is InChI=1S/C12H18ClN3O4/c1-12(2,3)20-11(19)15-8(9(17)18)4-6-16-7-5-14-10(16)13/h5,7-8H,4,6H2,1-3H3,(H,15,19)(H,17,18). The molecule has 1 heterocycles. The number of hydrogen-bond acceptors (Lipinski definition) is 4. The van der Waals surface area contributed by atoms with E-state index in [-0.39, 0.29) is 11.7 Å². The van der Waals surface area contributed by atoms with Crippen molar-refractivity contribution < 1.29 is 19.4 Å². The van der Waals surface area contributed by atoms with Crippen LogP contribution in [0.5, 0.6) is 0 Å². The van der Waals surface area contributed by atoms with Gasteiger partial charge in [-0.25, -0.2) is 14.6 Å². The highest BCUT2D eigenvalue weighted by Crippen LogP contribution is 2.09. The molecule has 1 aromatic heterocycles. The molecule has 0 aliphatic rings. The summed E-state index contributed by atoms with van der Waals surface area (Å²) in [6.45, 7) is 5.43. The number of hydrogen-bond donors (Lipinski definition) is 2. The number of carbonyl (C=O) groups excluding carboxylic acids is 1. The molecule has 0 aliphatic heterocycles. The normalized spacial score (nSPS) is 12.8. The molecule has 0 bridgehead atoms. The number of aliphatic carboxylic acids is 1. The summed E-state index contributed by atoms with van der Waals surface area (Å²) >= 11 is 5.79. The minimum absolute atomic E-state index is 0.171. The summed E-state index contributed by atoms with van der Waals surface area (Å²) in [4.78, 5) is 26.5. The fourth-order valence-corrected chi connectivity index (χ4v) is 1.65. The first kappa shape index (κ1) is 16.3. The number of ether oxygens (including phenoxy) is 1. The van der Waals surface area contributed by atoms with E-state index in [0.717, 1.165) is 0 Å². The van der Waals surface area contributed by atoms with Gasteiger partial charge in [0.15, 0.2) is 0 Å². The average molecular weight is 304 g/mol. The van der Waals surface area contributed by atoms with Gasteiger partial charge in [-0.2, -0.15) is 0 Å². The van der Waals surface area contributed by atoms with Crippen LogP contribution in [0.2, 0.25) is 5.28 Å². The predicted molar refractivity (Wildman–Crippen MR) is 72.6 cm³/mol. The lowest BCUT2D eigenvalue weighted by molar-refractivity contribution is -0.139. The van der Waals surface area contributed by atoms with Crippen molar-refractivity contribution in [2.45, 2.75) is 45.4 Å². The van der Waals surface area contributed by atoms with Gasteiger partial charge in [-0.05, 0) is 38.8 Å². The second kappa shape index (κ2) is 6.60. The lowest BCUT2D eigenvalue weighted by Crippen LogP contribution is -2.43. The summed E-state index contributed by atoms with van der Waals surface area (Å²) in [6, 6.07) is -1.05. The van der Waals surface area contributed by atoms with Gasteiger partial charge in [0, 0.05) is 18.9 Å². The number of amides is 1. The zero-order chi connectivity index (χ0) is 15.3. The largest absolute Gasteiger partial charge is 0.480 e. The highest BCUT2D eigenvalue weighted by atomic mass is 35.5. The second-order valence-corrected chi connectivity index (χ2v) is 5.55. The van der Waals surface area contributed by atoms with Crippen molar-refractivity contribution in [3.8, 4) is 0 Å². The Morgan fingerprint density at radius 2 is 2.20 bits per heavy atom. The monoisotopic (exact) mass is 303 g/mol. The molecule has 0 saturated heterocycles. The van der Waals surface area contributed by atoms with E-state index in [1.165, 1.54) is 6.20 Å². The Morgan fingerprint density at radius 1 is 1.55 bits per heavy atom. The van der Waals surface area contributed by atoms with Crippen molar-refractivity contribution in [1.29, 1.82) is 0 Å². The first-order valence-electron chi connectivity index (χ1n) is 6.08. The maximum Gasteiger partial charge on any atom is 0.408 e. The van der Waals surface area contributed by atoms with Crippen LogP contribution in [0.4, 0.5) is 4.79 Å². The summed E-state index contributed by atoms with van der Waals surface area (Å²) in [5.74, 6) is -1.13. The molecule has 1 amide bonds. The van der Waals surface area contributed by atoms with Crippen LogP contribution in [-0.2, 0) is 16.1 Å². The van der Waals surface area contributed by atoms with Crippen LogP contribution in [-0.4, -0.2) is 38.4 Å². The number of imidazole rings is 1. The van der Waals surface area contributed by atoms with Crippen LogP contribution in [0, 0.1) is 0 Å². The van der Waals surface area contributed by atoms with Crippen LogP contribution in [0.3, 0.4) is 0 Å². The highest BCUT2D eigenvalue weighted by Gasteiger charge is 2.23. The number of carboxylic acid groups (broad SMARTS) is 1. The zero-order valence-electron chi connectivity index (χ0n) is 11.6. The van der Waals surface area contributed by atoms with Gasteiger partial charge in [0.25, 0.3) is 0 Å². The predicted octanol–water partition coefficient (Wildman–Crippen LogP) is 1.90. The van der Waals surface area contributed by atoms with Crippen LogP contribution in [0.15, 0.2) is 12.4 Å². The van der Waals surface area contributed by atoms with Crippen LogP contribution < -0.4 is 5.32 Å². The molecule has 1 aromatic rings. The molecule has 20 heavy (non-hydrogen) atoms. The Hall–Kier alpha value is -1.76. The minimum atomic E-state index is -1.13. The molecule has 1 rings (SSSR count). The molecular formula is C12H18ClN3O4. The molecule has 0 fully saturated rings. The van der Waals surface area contributed by atoms with E-state index in [9.17, 15) is 9.59 Å². The van der Waals surface area contributed by atoms with Crippen molar-refractivity contribution in [1.82, 2.24) is 14.9 Å². The Labute approximate surface area is 121 Å². The first-order valence-corrected chi connectivity index (χ1v) is 6.46. The zero-order valence-corrected chi connectivity index (χ0v) is 12.3. The van der Waals surface area contributed by atoms with E-state index in [2.05, 4.69) is 10.3 Å². The molecule has 2 N–H and O–H groups in total. The van der Waals surface area contributed by atoms with E-state index in [4.69, 9.17) is 21.4 Å². The fraction of sp³-hybridized carbons (Fsp3) is 0.583. The third-order valence-electron chi connectivity index (χ3n) is 2.31. The maximum atomic E-state index is 11.6. The Balaban J connectivity index is 2.55. The number of alkyl carbamates (subject to hydrolysis) is 1. The Kier molecular flexibility index (Phi) is 5.38. The van der Waals surface area contributed by atoms with E-state index in [0.29, 0.717) is 6.54 Å². The number of carboxylic acids is 1. The van der Waals surface area contributed by atoms with Crippen molar-refractivity contribution in [3.05, 3.63) is 17.7 Å². The third-order valence-corrected chi connectivity index (χ3v) is 2.63. The molecule has 112 valence electrons. The topological polar surface area (TPSA) is 93.5 Å². The third kappa shape index (κ3) is 5.48. The summed E-state index contributed by atoms with van der Waals surface area (Å²) in [5, 5.41) is 11.7. The van der Waals surface area contributed by atoms with Gasteiger partial charge in [-0.3, -0.25) is 0 Å². The van der Waals surface area contributed by atoms with Crippen LogP contribution in [0.25, 0.3) is 0 Å². The van der Waals surface area contributed by atoms with E-state index in [1.54, 1.807) is 31.5 Å². The number of rotatable bonds is 5. The summed E-state index contributed by atoms with van der Waals surface area (Å²) in [7, 11) is 0. The number of carbonyl (C=O) groups is 2. The highest BCUT2D eigenvalue weighted by molar-refractivity contribution is 6.28. The number of nitrogens with one attached hydrogen (secondary N) is 1. The number of aryl methyl sites for hydroxylation is 1. The Morgan fingerprint density at radius 3 is 2.65 bits per heavy atom. The molecule has 0 aliphatic carbocycles. The molecule has 7 nitrogen and oxygen atoms in total. The SMILES string of the molecule is CC(C)(C)OC(=O)NC(CCn1ccnc1Cl)C(=O)O. The number of nitrogens with zero attached hydrogens (tertiary/aromatic N) is 2. The van der Waals surface area contributed by atoms with Gasteiger partial charge < -0.3 is 19.7 Å². The molecule has 8 heteroatoms. The van der Waals surface area contributed by atoms with Crippen molar-refractivity contribution >= 4 is 23.7 Å². The van der Waals surface area contributed by atoms with Crippen molar-refractivity contribution in [2.75, 3.05) is 0 Å². The van der Waals surface area contributed by atoms with Gasteiger partial charge in [0.2, 0.25) is 5.28 Å². The number of aromatic nitrogens is 2. The molecule has 0 spiro atoms. The molecule has 0 saturated carbocycles. The number of halogens is 1. The average Bonchev–Trinajstić information content (AvgIpc) is 2.67. The first-order chi connectivity index (χ1) is 9.19. The minimum Gasteiger partial charge on any atom is -0.480 e. The summed E-state index contributed by atoms with van der Waals surface area (Å²) < 4.78 is 6.61. The van der Waals surface area contributed by atoms with Crippen LogP contribution in [0.1, 0.15) is 27.2 Å². The second-order valence-electron chi connectivity index (χ2n) is 5.22. The van der Waals surface area contributed by atoms with Crippen LogP contribution >= 0.6 is 11.6 Å². The molecule has 0 aromatic carbocycles. The van der Waals surface area contributed by atoms with E-state index in [1.807, 2.05) is 0 Å². The van der Waals surface area contributed by atoms with Crippen molar-refractivity contribution in [2.24, 2.45) is 0 Å². The summed E-state index contributed by atoms with van der Waals surface area (Å²) in [6.07, 6.45) is 2.56. The maximum absolute atomic E-state index is 11.6. The van der Waals surface area contributed by atoms with Gasteiger partial charge in [-0.1, -0.05) is 0 Å².